The highest BCUT2D eigenvalue weighted by atomic mass is 32.2. The third-order valence-electron chi connectivity index (χ3n) is 5.42. The van der Waals surface area contributed by atoms with Gasteiger partial charge in [0.25, 0.3) is 11.6 Å². The van der Waals surface area contributed by atoms with E-state index in [2.05, 4.69) is 9.82 Å². The van der Waals surface area contributed by atoms with Gasteiger partial charge in [-0.05, 0) is 53.5 Å². The van der Waals surface area contributed by atoms with Crippen molar-refractivity contribution in [2.24, 2.45) is 0 Å². The van der Waals surface area contributed by atoms with E-state index < -0.39 is 26.5 Å². The van der Waals surface area contributed by atoms with Crippen molar-refractivity contribution in [2.75, 3.05) is 13.6 Å². The number of aromatic nitrogens is 2. The SMILES string of the molecule is CCCN(C)C(=O)c1nn(C(C)(C)C)c(Oc2ccc([N+](=O)[O-])cc2S(=O)(=O)N[C@H](C)CC)c1C. The molecule has 0 unspecified atom stereocenters. The van der Waals surface area contributed by atoms with Gasteiger partial charge in [-0.15, -0.1) is 0 Å². The van der Waals surface area contributed by atoms with Gasteiger partial charge in [0, 0.05) is 37.3 Å². The van der Waals surface area contributed by atoms with Crippen molar-refractivity contribution in [3.8, 4) is 11.6 Å². The van der Waals surface area contributed by atoms with Gasteiger partial charge in [-0.25, -0.2) is 17.8 Å². The van der Waals surface area contributed by atoms with Gasteiger partial charge < -0.3 is 9.64 Å². The quantitative estimate of drug-likeness (QED) is 0.374. The van der Waals surface area contributed by atoms with Crippen LogP contribution in [0.1, 0.15) is 70.4 Å². The summed E-state index contributed by atoms with van der Waals surface area (Å²) in [6.45, 7) is 13.3. The minimum atomic E-state index is -4.15. The number of ether oxygens (including phenoxy) is 1. The number of carbonyl (C=O) groups excluding carboxylic acids is 1. The minimum absolute atomic E-state index is 0.110. The Morgan fingerprint density at radius 1 is 1.31 bits per heavy atom. The molecule has 1 atom stereocenters. The Labute approximate surface area is 206 Å². The Hall–Kier alpha value is -2.99. The fraction of sp³-hybridized carbons (Fsp3) is 0.565. The molecule has 0 aliphatic rings. The number of carbonyl (C=O) groups is 1. The number of amides is 1. The number of hydrogen-bond donors (Lipinski definition) is 1. The van der Waals surface area contributed by atoms with Crippen molar-refractivity contribution >= 4 is 21.6 Å². The number of nitro groups is 1. The van der Waals surface area contributed by atoms with Gasteiger partial charge in [0.05, 0.1) is 10.5 Å². The molecule has 11 nitrogen and oxygen atoms in total. The average Bonchev–Trinajstić information content (AvgIpc) is 3.09. The van der Waals surface area contributed by atoms with E-state index in [9.17, 15) is 23.3 Å². The molecule has 0 aliphatic heterocycles. The van der Waals surface area contributed by atoms with Crippen LogP contribution in [0.4, 0.5) is 5.69 Å². The van der Waals surface area contributed by atoms with Crippen LogP contribution >= 0.6 is 0 Å². The zero-order valence-corrected chi connectivity index (χ0v) is 22.4. The Morgan fingerprint density at radius 2 is 1.94 bits per heavy atom. The highest BCUT2D eigenvalue weighted by Crippen LogP contribution is 2.37. The van der Waals surface area contributed by atoms with Gasteiger partial charge >= 0.3 is 0 Å². The number of non-ortho nitro benzene ring substituents is 1. The lowest BCUT2D eigenvalue weighted by atomic mass is 10.1. The van der Waals surface area contributed by atoms with Crippen molar-refractivity contribution in [3.63, 3.8) is 0 Å². The second-order valence-electron chi connectivity index (χ2n) is 9.51. The van der Waals surface area contributed by atoms with Gasteiger partial charge in [0.1, 0.15) is 10.6 Å². The van der Waals surface area contributed by atoms with Crippen molar-refractivity contribution in [1.82, 2.24) is 19.4 Å². The second kappa shape index (κ2) is 10.7. The van der Waals surface area contributed by atoms with Gasteiger partial charge in [-0.1, -0.05) is 13.8 Å². The fourth-order valence-corrected chi connectivity index (χ4v) is 4.77. The number of nitrogens with zero attached hydrogens (tertiary/aromatic N) is 4. The van der Waals surface area contributed by atoms with Crippen LogP contribution < -0.4 is 9.46 Å². The van der Waals surface area contributed by atoms with Gasteiger partial charge in [0.2, 0.25) is 15.9 Å². The number of sulfonamides is 1. The molecule has 1 N–H and O–H groups in total. The lowest BCUT2D eigenvalue weighted by Gasteiger charge is -2.23. The molecule has 2 rings (SSSR count). The van der Waals surface area contributed by atoms with Crippen LogP contribution in [-0.4, -0.2) is 53.6 Å². The molecule has 0 aliphatic carbocycles. The van der Waals surface area contributed by atoms with E-state index >= 15 is 0 Å². The molecule has 1 aromatic carbocycles. The normalized spacial score (nSPS) is 12.9. The summed E-state index contributed by atoms with van der Waals surface area (Å²) in [5.74, 6) is -0.215. The molecule has 0 bridgehead atoms. The minimum Gasteiger partial charge on any atom is -0.438 e. The third-order valence-corrected chi connectivity index (χ3v) is 7.03. The number of benzene rings is 1. The van der Waals surface area contributed by atoms with Gasteiger partial charge in [-0.3, -0.25) is 14.9 Å². The number of nitrogens with one attached hydrogen (secondary N) is 1. The lowest BCUT2D eigenvalue weighted by Crippen LogP contribution is -2.32. The highest BCUT2D eigenvalue weighted by molar-refractivity contribution is 7.89. The van der Waals surface area contributed by atoms with E-state index in [1.54, 1.807) is 25.8 Å². The zero-order valence-electron chi connectivity index (χ0n) is 21.6. The third kappa shape index (κ3) is 6.37. The summed E-state index contributed by atoms with van der Waals surface area (Å²) < 4.78 is 36.4. The zero-order chi connectivity index (χ0) is 26.7. The van der Waals surface area contributed by atoms with Crippen LogP contribution in [0.3, 0.4) is 0 Å². The summed E-state index contributed by atoms with van der Waals surface area (Å²) in [5.41, 5.74) is -0.379. The first kappa shape index (κ1) is 28.2. The standard InChI is InChI=1S/C23H35N5O6S/c1-9-13-26(8)21(29)20-16(4)22(27(24-20)23(5,6)7)34-18-12-11-17(28(30)31)14-19(18)35(32,33)25-15(3)10-2/h11-12,14-15,25H,9-10,13H2,1-8H3/t15-/m1/s1. The maximum Gasteiger partial charge on any atom is 0.274 e. The molecule has 35 heavy (non-hydrogen) atoms. The van der Waals surface area contributed by atoms with Crippen molar-refractivity contribution < 1.29 is 22.9 Å². The Kier molecular flexibility index (Phi) is 8.66. The monoisotopic (exact) mass is 509 g/mol. The van der Waals surface area contributed by atoms with E-state index in [4.69, 9.17) is 4.74 Å². The molecule has 1 heterocycles. The van der Waals surface area contributed by atoms with E-state index in [0.717, 1.165) is 12.5 Å². The second-order valence-corrected chi connectivity index (χ2v) is 11.2. The first-order valence-corrected chi connectivity index (χ1v) is 13.0. The Bertz CT molecular complexity index is 1200. The van der Waals surface area contributed by atoms with Crippen LogP contribution in [0.15, 0.2) is 23.1 Å². The van der Waals surface area contributed by atoms with Crippen molar-refractivity contribution in [2.45, 2.75) is 77.8 Å². The van der Waals surface area contributed by atoms with Crippen LogP contribution in [0, 0.1) is 17.0 Å². The molecule has 0 spiro atoms. The molecular formula is C23H35N5O6S. The van der Waals surface area contributed by atoms with E-state index in [-0.39, 0.29) is 33.8 Å². The smallest absolute Gasteiger partial charge is 0.274 e. The van der Waals surface area contributed by atoms with Crippen molar-refractivity contribution in [1.29, 1.82) is 0 Å². The lowest BCUT2D eigenvalue weighted by molar-refractivity contribution is -0.385. The predicted octanol–water partition coefficient (Wildman–Crippen LogP) is 4.21. The molecule has 0 fully saturated rings. The fourth-order valence-electron chi connectivity index (χ4n) is 3.30. The predicted molar refractivity (Wildman–Crippen MR) is 132 cm³/mol. The maximum absolute atomic E-state index is 13.1. The molecule has 0 saturated heterocycles. The molecule has 194 valence electrons. The van der Waals surface area contributed by atoms with E-state index in [1.165, 1.54) is 16.8 Å². The van der Waals surface area contributed by atoms with E-state index in [0.29, 0.717) is 18.5 Å². The molecule has 0 radical (unpaired) electrons. The van der Waals surface area contributed by atoms with E-state index in [1.807, 2.05) is 34.6 Å². The number of rotatable bonds is 10. The highest BCUT2D eigenvalue weighted by Gasteiger charge is 2.31. The van der Waals surface area contributed by atoms with Crippen molar-refractivity contribution in [3.05, 3.63) is 39.6 Å². The first-order chi connectivity index (χ1) is 16.1. The molecule has 12 heteroatoms. The summed E-state index contributed by atoms with van der Waals surface area (Å²) in [4.78, 5) is 24.9. The summed E-state index contributed by atoms with van der Waals surface area (Å²) in [7, 11) is -2.47. The van der Waals surface area contributed by atoms with Crippen LogP contribution in [0.2, 0.25) is 0 Å². The largest absolute Gasteiger partial charge is 0.438 e. The Balaban J connectivity index is 2.70. The van der Waals surface area contributed by atoms with Crippen LogP contribution in [0.25, 0.3) is 0 Å². The number of hydrogen-bond acceptors (Lipinski definition) is 7. The summed E-state index contributed by atoms with van der Waals surface area (Å²) in [5, 5.41) is 15.9. The first-order valence-electron chi connectivity index (χ1n) is 11.5. The molecule has 1 aromatic heterocycles. The molecular weight excluding hydrogens is 474 g/mol. The summed E-state index contributed by atoms with van der Waals surface area (Å²) in [6.07, 6.45) is 1.30. The maximum atomic E-state index is 13.1. The topological polar surface area (TPSA) is 137 Å². The van der Waals surface area contributed by atoms with Gasteiger partial charge in [0.15, 0.2) is 5.69 Å². The van der Waals surface area contributed by atoms with Crippen LogP contribution in [-0.2, 0) is 15.6 Å². The Morgan fingerprint density at radius 3 is 2.46 bits per heavy atom. The average molecular weight is 510 g/mol. The molecule has 0 saturated carbocycles. The van der Waals surface area contributed by atoms with Gasteiger partial charge in [-0.2, -0.15) is 5.10 Å². The van der Waals surface area contributed by atoms with Crippen LogP contribution in [0.5, 0.6) is 11.6 Å². The summed E-state index contributed by atoms with van der Waals surface area (Å²) >= 11 is 0. The molecule has 2 aromatic rings. The molecule has 1 amide bonds. The number of nitro benzene ring substituents is 1. The summed E-state index contributed by atoms with van der Waals surface area (Å²) in [6, 6.07) is 2.99.